The standard InChI is InChI=1S/C19H25NO/c1-14-5-7-15(8-6-14)18(13-20)21-17-11-9-16(10-12-17)19(2,3)4/h5-12,18H,13,20H2,1-4H3. The van der Waals surface area contributed by atoms with E-state index in [9.17, 15) is 0 Å². The van der Waals surface area contributed by atoms with Crippen molar-refractivity contribution in [1.82, 2.24) is 0 Å². The minimum atomic E-state index is -0.105. The van der Waals surface area contributed by atoms with Crippen LogP contribution >= 0.6 is 0 Å². The average Bonchev–Trinajstić information content (AvgIpc) is 2.45. The van der Waals surface area contributed by atoms with Crippen LogP contribution < -0.4 is 10.5 Å². The Kier molecular flexibility index (Phi) is 4.69. The summed E-state index contributed by atoms with van der Waals surface area (Å²) in [6, 6.07) is 16.6. The number of nitrogens with two attached hydrogens (primary N) is 1. The van der Waals surface area contributed by atoms with Crippen LogP contribution in [0.15, 0.2) is 48.5 Å². The van der Waals surface area contributed by atoms with Gasteiger partial charge in [0.05, 0.1) is 0 Å². The highest BCUT2D eigenvalue weighted by Crippen LogP contribution is 2.26. The van der Waals surface area contributed by atoms with Crippen LogP contribution in [0, 0.1) is 6.92 Å². The third-order valence-electron chi connectivity index (χ3n) is 3.66. The van der Waals surface area contributed by atoms with Gasteiger partial charge in [-0.1, -0.05) is 62.7 Å². The fraction of sp³-hybridized carbons (Fsp3) is 0.368. The van der Waals surface area contributed by atoms with Gasteiger partial charge in [-0.05, 0) is 35.6 Å². The Morgan fingerprint density at radius 3 is 2.00 bits per heavy atom. The molecule has 1 unspecified atom stereocenters. The summed E-state index contributed by atoms with van der Waals surface area (Å²) in [6.07, 6.45) is -0.105. The second kappa shape index (κ2) is 6.31. The van der Waals surface area contributed by atoms with Gasteiger partial charge in [0.15, 0.2) is 0 Å². The lowest BCUT2D eigenvalue weighted by atomic mass is 9.87. The van der Waals surface area contributed by atoms with Crippen LogP contribution in [0.5, 0.6) is 5.75 Å². The van der Waals surface area contributed by atoms with Crippen LogP contribution in [-0.4, -0.2) is 6.54 Å². The summed E-state index contributed by atoms with van der Waals surface area (Å²) in [5.74, 6) is 0.860. The van der Waals surface area contributed by atoms with E-state index in [4.69, 9.17) is 10.5 Å². The van der Waals surface area contributed by atoms with Gasteiger partial charge in [-0.15, -0.1) is 0 Å². The minimum Gasteiger partial charge on any atom is -0.484 e. The zero-order valence-electron chi connectivity index (χ0n) is 13.4. The van der Waals surface area contributed by atoms with Gasteiger partial charge in [-0.2, -0.15) is 0 Å². The molecule has 0 fully saturated rings. The molecule has 0 spiro atoms. The first-order valence-electron chi connectivity index (χ1n) is 7.44. The SMILES string of the molecule is Cc1ccc(C(CN)Oc2ccc(C(C)(C)C)cc2)cc1. The predicted molar refractivity (Wildman–Crippen MR) is 88.7 cm³/mol. The summed E-state index contributed by atoms with van der Waals surface area (Å²) in [4.78, 5) is 0. The van der Waals surface area contributed by atoms with E-state index >= 15 is 0 Å². The molecular weight excluding hydrogens is 258 g/mol. The number of benzene rings is 2. The van der Waals surface area contributed by atoms with Crippen molar-refractivity contribution < 1.29 is 4.74 Å². The van der Waals surface area contributed by atoms with Gasteiger partial charge in [0, 0.05) is 6.54 Å². The Balaban J connectivity index is 2.13. The summed E-state index contributed by atoms with van der Waals surface area (Å²) in [7, 11) is 0. The molecule has 0 radical (unpaired) electrons. The smallest absolute Gasteiger partial charge is 0.136 e. The predicted octanol–water partition coefficient (Wildman–Crippen LogP) is 4.37. The molecule has 0 heterocycles. The van der Waals surface area contributed by atoms with E-state index in [-0.39, 0.29) is 11.5 Å². The van der Waals surface area contributed by atoms with Crippen molar-refractivity contribution in [2.75, 3.05) is 6.54 Å². The minimum absolute atomic E-state index is 0.105. The molecule has 21 heavy (non-hydrogen) atoms. The van der Waals surface area contributed by atoms with Crippen LogP contribution in [0.2, 0.25) is 0 Å². The first kappa shape index (κ1) is 15.6. The molecule has 2 N–H and O–H groups in total. The van der Waals surface area contributed by atoms with E-state index in [1.54, 1.807) is 0 Å². The topological polar surface area (TPSA) is 35.2 Å². The molecule has 2 rings (SSSR count). The molecule has 0 saturated carbocycles. The zero-order chi connectivity index (χ0) is 15.5. The number of aryl methyl sites for hydroxylation is 1. The Morgan fingerprint density at radius 2 is 1.52 bits per heavy atom. The molecule has 0 aliphatic heterocycles. The number of hydrogen-bond acceptors (Lipinski definition) is 2. The fourth-order valence-electron chi connectivity index (χ4n) is 2.23. The molecule has 0 aliphatic rings. The van der Waals surface area contributed by atoms with Gasteiger partial charge in [0.1, 0.15) is 11.9 Å². The maximum absolute atomic E-state index is 6.03. The molecule has 0 aliphatic carbocycles. The van der Waals surface area contributed by atoms with Crippen molar-refractivity contribution in [2.24, 2.45) is 5.73 Å². The molecular formula is C19H25NO. The van der Waals surface area contributed by atoms with Crippen LogP contribution in [0.25, 0.3) is 0 Å². The van der Waals surface area contributed by atoms with Gasteiger partial charge < -0.3 is 10.5 Å². The summed E-state index contributed by atoms with van der Waals surface area (Å²) in [5, 5.41) is 0. The van der Waals surface area contributed by atoms with Gasteiger partial charge >= 0.3 is 0 Å². The maximum Gasteiger partial charge on any atom is 0.136 e. The lowest BCUT2D eigenvalue weighted by molar-refractivity contribution is 0.214. The van der Waals surface area contributed by atoms with E-state index in [1.165, 1.54) is 11.1 Å². The quantitative estimate of drug-likeness (QED) is 0.904. The molecule has 0 aromatic heterocycles. The van der Waals surface area contributed by atoms with Crippen molar-refractivity contribution in [3.63, 3.8) is 0 Å². The van der Waals surface area contributed by atoms with Crippen molar-refractivity contribution in [1.29, 1.82) is 0 Å². The average molecular weight is 283 g/mol. The molecule has 112 valence electrons. The zero-order valence-corrected chi connectivity index (χ0v) is 13.4. The fourth-order valence-corrected chi connectivity index (χ4v) is 2.23. The van der Waals surface area contributed by atoms with Gasteiger partial charge in [-0.25, -0.2) is 0 Å². The summed E-state index contributed by atoms with van der Waals surface area (Å²) in [5.41, 5.74) is 9.67. The molecule has 2 heteroatoms. The van der Waals surface area contributed by atoms with Crippen LogP contribution in [0.3, 0.4) is 0 Å². The largest absolute Gasteiger partial charge is 0.484 e. The van der Waals surface area contributed by atoms with Gasteiger partial charge in [0.2, 0.25) is 0 Å². The van der Waals surface area contributed by atoms with Crippen molar-refractivity contribution in [3.05, 3.63) is 65.2 Å². The Hall–Kier alpha value is -1.80. The normalized spacial score (nSPS) is 13.0. The highest BCUT2D eigenvalue weighted by atomic mass is 16.5. The highest BCUT2D eigenvalue weighted by Gasteiger charge is 2.15. The summed E-state index contributed by atoms with van der Waals surface area (Å²) in [6.45, 7) is 9.16. The van der Waals surface area contributed by atoms with Crippen molar-refractivity contribution in [2.45, 2.75) is 39.2 Å². The molecule has 2 aromatic carbocycles. The maximum atomic E-state index is 6.03. The van der Waals surface area contributed by atoms with Gasteiger partial charge in [-0.3, -0.25) is 0 Å². The van der Waals surface area contributed by atoms with E-state index < -0.39 is 0 Å². The number of ether oxygens (including phenoxy) is 1. The summed E-state index contributed by atoms with van der Waals surface area (Å²) < 4.78 is 6.03. The first-order valence-corrected chi connectivity index (χ1v) is 7.44. The van der Waals surface area contributed by atoms with E-state index in [1.807, 2.05) is 12.1 Å². The molecule has 0 saturated heterocycles. The van der Waals surface area contributed by atoms with E-state index in [0.29, 0.717) is 6.54 Å². The van der Waals surface area contributed by atoms with Gasteiger partial charge in [0.25, 0.3) is 0 Å². The number of rotatable bonds is 4. The van der Waals surface area contributed by atoms with E-state index in [2.05, 4.69) is 64.1 Å². The number of hydrogen-bond donors (Lipinski definition) is 1. The molecule has 2 aromatic rings. The Labute approximate surface area is 127 Å². The second-order valence-corrected chi connectivity index (χ2v) is 6.53. The van der Waals surface area contributed by atoms with Crippen LogP contribution in [-0.2, 0) is 5.41 Å². The lowest BCUT2D eigenvalue weighted by Gasteiger charge is -2.21. The second-order valence-electron chi connectivity index (χ2n) is 6.53. The molecule has 0 amide bonds. The Bertz CT molecular complexity index is 564. The highest BCUT2D eigenvalue weighted by molar-refractivity contribution is 5.32. The monoisotopic (exact) mass is 283 g/mol. The third-order valence-corrected chi connectivity index (χ3v) is 3.66. The molecule has 0 bridgehead atoms. The third kappa shape index (κ3) is 4.08. The lowest BCUT2D eigenvalue weighted by Crippen LogP contribution is -2.18. The van der Waals surface area contributed by atoms with Crippen molar-refractivity contribution in [3.8, 4) is 5.75 Å². The Morgan fingerprint density at radius 1 is 0.952 bits per heavy atom. The first-order chi connectivity index (χ1) is 9.90. The van der Waals surface area contributed by atoms with Crippen LogP contribution in [0.1, 0.15) is 43.6 Å². The molecule has 1 atom stereocenters. The van der Waals surface area contributed by atoms with E-state index in [0.717, 1.165) is 11.3 Å². The summed E-state index contributed by atoms with van der Waals surface area (Å²) >= 11 is 0. The van der Waals surface area contributed by atoms with Crippen LogP contribution in [0.4, 0.5) is 0 Å². The molecule has 2 nitrogen and oxygen atoms in total. The van der Waals surface area contributed by atoms with Crippen molar-refractivity contribution >= 4 is 0 Å².